The number of aryl methyl sites for hydroxylation is 2. The standard InChI is InChI=1S/C19H25N3O3S/c1-14-9-15(2)11-16(10-14)25-12-18-21-17(13-26-18)19(23)20-3-4-22-5-7-24-8-6-22/h9-11,13H,3-8,12H2,1-2H3,(H,20,23). The third kappa shape index (κ3) is 5.52. The third-order valence-electron chi connectivity index (χ3n) is 4.16. The summed E-state index contributed by atoms with van der Waals surface area (Å²) >= 11 is 1.44. The lowest BCUT2D eigenvalue weighted by Gasteiger charge is -2.26. The molecule has 1 aromatic heterocycles. The highest BCUT2D eigenvalue weighted by Crippen LogP contribution is 2.19. The van der Waals surface area contributed by atoms with E-state index in [4.69, 9.17) is 9.47 Å². The number of carbonyl (C=O) groups is 1. The minimum atomic E-state index is -0.132. The number of hydrogen-bond donors (Lipinski definition) is 1. The van der Waals surface area contributed by atoms with Gasteiger partial charge in [0.05, 0.1) is 13.2 Å². The average Bonchev–Trinajstić information content (AvgIpc) is 3.09. The molecule has 0 atom stereocenters. The first kappa shape index (κ1) is 18.8. The van der Waals surface area contributed by atoms with Crippen LogP contribution in [0.2, 0.25) is 0 Å². The molecule has 6 nitrogen and oxygen atoms in total. The maximum Gasteiger partial charge on any atom is 0.270 e. The van der Waals surface area contributed by atoms with Gasteiger partial charge in [0.15, 0.2) is 0 Å². The maximum absolute atomic E-state index is 12.2. The Hall–Kier alpha value is -1.96. The summed E-state index contributed by atoms with van der Waals surface area (Å²) in [5.74, 6) is 0.696. The molecule has 1 fully saturated rings. The van der Waals surface area contributed by atoms with Crippen molar-refractivity contribution in [1.29, 1.82) is 0 Å². The normalized spacial score (nSPS) is 15.0. The summed E-state index contributed by atoms with van der Waals surface area (Å²) in [4.78, 5) is 18.9. The quantitative estimate of drug-likeness (QED) is 0.805. The fourth-order valence-electron chi connectivity index (χ4n) is 2.89. The van der Waals surface area contributed by atoms with Gasteiger partial charge >= 0.3 is 0 Å². The van der Waals surface area contributed by atoms with E-state index in [-0.39, 0.29) is 5.91 Å². The van der Waals surface area contributed by atoms with Crippen molar-refractivity contribution in [1.82, 2.24) is 15.2 Å². The number of nitrogens with one attached hydrogen (secondary N) is 1. The van der Waals surface area contributed by atoms with E-state index in [9.17, 15) is 4.79 Å². The van der Waals surface area contributed by atoms with Crippen molar-refractivity contribution in [3.8, 4) is 5.75 Å². The summed E-state index contributed by atoms with van der Waals surface area (Å²) in [6.07, 6.45) is 0. The van der Waals surface area contributed by atoms with Crippen LogP contribution in [0.25, 0.3) is 0 Å². The number of aromatic nitrogens is 1. The molecule has 2 aromatic rings. The largest absolute Gasteiger partial charge is 0.486 e. The molecule has 1 saturated heterocycles. The second-order valence-corrected chi connectivity index (χ2v) is 7.39. The molecule has 1 aromatic carbocycles. The lowest BCUT2D eigenvalue weighted by molar-refractivity contribution is 0.0383. The molecule has 3 rings (SSSR count). The molecule has 1 aliphatic rings. The molecular formula is C19H25N3O3S. The van der Waals surface area contributed by atoms with Gasteiger partial charge in [-0.3, -0.25) is 9.69 Å². The molecule has 1 amide bonds. The lowest BCUT2D eigenvalue weighted by Crippen LogP contribution is -2.41. The lowest BCUT2D eigenvalue weighted by atomic mass is 10.1. The number of hydrogen-bond acceptors (Lipinski definition) is 6. The molecule has 0 saturated carbocycles. The molecule has 1 aliphatic heterocycles. The van der Waals surface area contributed by atoms with Crippen LogP contribution in [-0.4, -0.2) is 55.2 Å². The minimum absolute atomic E-state index is 0.132. The smallest absolute Gasteiger partial charge is 0.270 e. The Morgan fingerprint density at radius 1 is 1.27 bits per heavy atom. The second-order valence-electron chi connectivity index (χ2n) is 6.45. The highest BCUT2D eigenvalue weighted by molar-refractivity contribution is 7.09. The van der Waals surface area contributed by atoms with Gasteiger partial charge in [0, 0.05) is 31.6 Å². The third-order valence-corrected chi connectivity index (χ3v) is 4.98. The Labute approximate surface area is 158 Å². The van der Waals surface area contributed by atoms with E-state index in [0.29, 0.717) is 18.8 Å². The van der Waals surface area contributed by atoms with Gasteiger partial charge < -0.3 is 14.8 Å². The van der Waals surface area contributed by atoms with Crippen LogP contribution in [0, 0.1) is 13.8 Å². The van der Waals surface area contributed by atoms with Crippen molar-refractivity contribution < 1.29 is 14.3 Å². The van der Waals surface area contributed by atoms with Crippen LogP contribution < -0.4 is 10.1 Å². The predicted molar refractivity (Wildman–Crippen MR) is 102 cm³/mol. The van der Waals surface area contributed by atoms with Crippen molar-refractivity contribution in [2.24, 2.45) is 0 Å². The zero-order valence-electron chi connectivity index (χ0n) is 15.3. The Morgan fingerprint density at radius 2 is 2.00 bits per heavy atom. The van der Waals surface area contributed by atoms with Gasteiger partial charge in [-0.1, -0.05) is 6.07 Å². The van der Waals surface area contributed by atoms with Crippen LogP contribution in [0.1, 0.15) is 26.6 Å². The number of nitrogens with zero attached hydrogens (tertiary/aromatic N) is 2. The number of rotatable bonds is 7. The molecule has 1 N–H and O–H groups in total. The van der Waals surface area contributed by atoms with E-state index in [1.807, 2.05) is 26.0 Å². The molecule has 0 aliphatic carbocycles. The van der Waals surface area contributed by atoms with Crippen molar-refractivity contribution in [3.63, 3.8) is 0 Å². The predicted octanol–water partition coefficient (Wildman–Crippen LogP) is 2.40. The van der Waals surface area contributed by atoms with Crippen LogP contribution in [0.3, 0.4) is 0 Å². The van der Waals surface area contributed by atoms with Gasteiger partial charge in [-0.2, -0.15) is 0 Å². The summed E-state index contributed by atoms with van der Waals surface area (Å²) in [5.41, 5.74) is 2.79. The minimum Gasteiger partial charge on any atom is -0.486 e. The van der Waals surface area contributed by atoms with Gasteiger partial charge in [0.25, 0.3) is 5.91 Å². The Balaban J connectivity index is 1.45. The molecule has 0 radical (unpaired) electrons. The number of carbonyl (C=O) groups excluding carboxylic acids is 1. The molecule has 2 heterocycles. The number of thiazole rings is 1. The van der Waals surface area contributed by atoms with Crippen molar-refractivity contribution in [3.05, 3.63) is 45.4 Å². The van der Waals surface area contributed by atoms with Gasteiger partial charge in [0.1, 0.15) is 23.1 Å². The van der Waals surface area contributed by atoms with Crippen LogP contribution in [-0.2, 0) is 11.3 Å². The number of amides is 1. The SMILES string of the molecule is Cc1cc(C)cc(OCc2nc(C(=O)NCCN3CCOCC3)cs2)c1. The summed E-state index contributed by atoms with van der Waals surface area (Å²) in [6, 6.07) is 6.11. The number of morpholine rings is 1. The van der Waals surface area contributed by atoms with Crippen LogP contribution in [0.5, 0.6) is 5.75 Å². The van der Waals surface area contributed by atoms with Crippen molar-refractivity contribution in [2.75, 3.05) is 39.4 Å². The van der Waals surface area contributed by atoms with Gasteiger partial charge in [-0.15, -0.1) is 11.3 Å². The fraction of sp³-hybridized carbons (Fsp3) is 0.474. The van der Waals surface area contributed by atoms with E-state index in [0.717, 1.165) is 43.6 Å². The Morgan fingerprint density at radius 3 is 2.73 bits per heavy atom. The molecule has 0 spiro atoms. The van der Waals surface area contributed by atoms with E-state index < -0.39 is 0 Å². The molecule has 26 heavy (non-hydrogen) atoms. The summed E-state index contributed by atoms with van der Waals surface area (Å²) in [5, 5.41) is 5.51. The Bertz CT molecular complexity index is 721. The average molecular weight is 375 g/mol. The van der Waals surface area contributed by atoms with Crippen LogP contribution in [0.15, 0.2) is 23.6 Å². The van der Waals surface area contributed by atoms with Gasteiger partial charge in [-0.05, 0) is 37.1 Å². The van der Waals surface area contributed by atoms with Crippen molar-refractivity contribution in [2.45, 2.75) is 20.5 Å². The first-order chi connectivity index (χ1) is 12.6. The zero-order chi connectivity index (χ0) is 18.4. The molecule has 0 bridgehead atoms. The highest BCUT2D eigenvalue weighted by Gasteiger charge is 2.13. The zero-order valence-corrected chi connectivity index (χ0v) is 16.1. The topological polar surface area (TPSA) is 63.7 Å². The first-order valence-corrected chi connectivity index (χ1v) is 9.72. The molecular weight excluding hydrogens is 350 g/mol. The van der Waals surface area contributed by atoms with E-state index in [1.54, 1.807) is 5.38 Å². The van der Waals surface area contributed by atoms with E-state index >= 15 is 0 Å². The maximum atomic E-state index is 12.2. The monoisotopic (exact) mass is 375 g/mol. The van der Waals surface area contributed by atoms with E-state index in [1.165, 1.54) is 22.5 Å². The highest BCUT2D eigenvalue weighted by atomic mass is 32.1. The van der Waals surface area contributed by atoms with Gasteiger partial charge in [0.2, 0.25) is 0 Å². The molecule has 140 valence electrons. The summed E-state index contributed by atoms with van der Waals surface area (Å²) in [7, 11) is 0. The van der Waals surface area contributed by atoms with Crippen LogP contribution >= 0.6 is 11.3 Å². The number of ether oxygens (including phenoxy) is 2. The molecule has 7 heteroatoms. The van der Waals surface area contributed by atoms with E-state index in [2.05, 4.69) is 21.3 Å². The summed E-state index contributed by atoms with van der Waals surface area (Å²) in [6.45, 7) is 9.29. The fourth-order valence-corrected chi connectivity index (χ4v) is 3.57. The number of benzene rings is 1. The molecule has 0 unspecified atom stereocenters. The Kier molecular flexibility index (Phi) is 6.60. The first-order valence-electron chi connectivity index (χ1n) is 8.84. The van der Waals surface area contributed by atoms with Crippen molar-refractivity contribution >= 4 is 17.2 Å². The van der Waals surface area contributed by atoms with Crippen LogP contribution in [0.4, 0.5) is 0 Å². The summed E-state index contributed by atoms with van der Waals surface area (Å²) < 4.78 is 11.1. The second kappa shape index (κ2) is 9.12. The van der Waals surface area contributed by atoms with Gasteiger partial charge in [-0.25, -0.2) is 4.98 Å².